The lowest BCUT2D eigenvalue weighted by Gasteiger charge is -2.52. The Morgan fingerprint density at radius 2 is 2.22 bits per heavy atom. The maximum atomic E-state index is 11.5. The van der Waals surface area contributed by atoms with Gasteiger partial charge in [-0.15, -0.1) is 0 Å². The summed E-state index contributed by atoms with van der Waals surface area (Å²) in [5.74, 6) is 2.88. The summed E-state index contributed by atoms with van der Waals surface area (Å²) >= 11 is 0. The first kappa shape index (κ1) is 13.6. The minimum atomic E-state index is -0.370. The second kappa shape index (κ2) is 4.60. The summed E-state index contributed by atoms with van der Waals surface area (Å²) in [6.07, 6.45) is 3.62. The van der Waals surface area contributed by atoms with E-state index in [0.29, 0.717) is 17.5 Å². The second-order valence-corrected chi connectivity index (χ2v) is 7.68. The van der Waals surface area contributed by atoms with E-state index in [4.69, 9.17) is 10.2 Å². The molecular weight excluding hydrogens is 288 g/mol. The van der Waals surface area contributed by atoms with Crippen molar-refractivity contribution in [2.24, 2.45) is 17.6 Å². The van der Waals surface area contributed by atoms with E-state index in [0.717, 1.165) is 35.8 Å². The number of amides is 1. The summed E-state index contributed by atoms with van der Waals surface area (Å²) in [7, 11) is 0. The van der Waals surface area contributed by atoms with Crippen molar-refractivity contribution >= 4 is 16.9 Å². The van der Waals surface area contributed by atoms with E-state index >= 15 is 0 Å². The number of hydrogen-bond donors (Lipinski definition) is 1. The van der Waals surface area contributed by atoms with Crippen LogP contribution in [0.4, 0.5) is 0 Å². The molecule has 1 saturated carbocycles. The summed E-state index contributed by atoms with van der Waals surface area (Å²) in [6.45, 7) is 4.75. The number of carbonyl (C=O) groups excluding carboxylic acids is 1. The number of benzene rings is 1. The molecule has 2 aromatic rings. The van der Waals surface area contributed by atoms with E-state index in [9.17, 15) is 4.79 Å². The van der Waals surface area contributed by atoms with Crippen molar-refractivity contribution in [3.05, 3.63) is 35.1 Å². The van der Waals surface area contributed by atoms with Crippen molar-refractivity contribution in [1.29, 1.82) is 0 Å². The molecule has 3 aliphatic heterocycles. The molecule has 6 rings (SSSR count). The van der Waals surface area contributed by atoms with Crippen molar-refractivity contribution in [2.45, 2.75) is 38.1 Å². The molecule has 4 heteroatoms. The maximum absolute atomic E-state index is 11.5. The number of carbonyl (C=O) groups is 1. The van der Waals surface area contributed by atoms with Gasteiger partial charge in [-0.2, -0.15) is 0 Å². The number of primary amides is 1. The third-order valence-corrected chi connectivity index (χ3v) is 6.29. The van der Waals surface area contributed by atoms with Gasteiger partial charge in [0.25, 0.3) is 0 Å². The van der Waals surface area contributed by atoms with Crippen LogP contribution in [0.15, 0.2) is 22.6 Å². The highest BCUT2D eigenvalue weighted by molar-refractivity contribution is 5.97. The predicted octanol–water partition coefficient (Wildman–Crippen LogP) is 2.90. The third kappa shape index (κ3) is 1.84. The van der Waals surface area contributed by atoms with Crippen LogP contribution in [0.25, 0.3) is 11.0 Å². The normalized spacial score (nSPS) is 35.1. The average Bonchev–Trinajstić information content (AvgIpc) is 2.85. The van der Waals surface area contributed by atoms with Crippen LogP contribution in [0.3, 0.4) is 0 Å². The summed E-state index contributed by atoms with van der Waals surface area (Å²) < 4.78 is 6.31. The first-order chi connectivity index (χ1) is 11.1. The van der Waals surface area contributed by atoms with Crippen molar-refractivity contribution in [3.8, 4) is 0 Å². The van der Waals surface area contributed by atoms with Gasteiger partial charge in [0.2, 0.25) is 5.91 Å². The summed E-state index contributed by atoms with van der Waals surface area (Å²) in [6, 6.07) is 6.23. The zero-order valence-electron chi connectivity index (χ0n) is 13.4. The van der Waals surface area contributed by atoms with Gasteiger partial charge in [0.05, 0.1) is 0 Å². The van der Waals surface area contributed by atoms with Gasteiger partial charge in [-0.1, -0.05) is 6.92 Å². The molecule has 5 atom stereocenters. The van der Waals surface area contributed by atoms with Crippen LogP contribution < -0.4 is 5.73 Å². The molecule has 1 aliphatic carbocycles. The molecule has 4 aliphatic rings. The van der Waals surface area contributed by atoms with Crippen LogP contribution in [0.2, 0.25) is 0 Å². The van der Waals surface area contributed by atoms with E-state index in [1.54, 1.807) is 6.07 Å². The Kier molecular flexibility index (Phi) is 2.72. The summed E-state index contributed by atoms with van der Waals surface area (Å²) in [4.78, 5) is 14.2. The van der Waals surface area contributed by atoms with Crippen LogP contribution in [-0.2, 0) is 6.42 Å². The van der Waals surface area contributed by atoms with E-state index < -0.39 is 0 Å². The zero-order valence-corrected chi connectivity index (χ0v) is 13.4. The van der Waals surface area contributed by atoms with Gasteiger partial charge in [0.15, 0.2) is 0 Å². The van der Waals surface area contributed by atoms with Crippen LogP contribution in [0, 0.1) is 11.8 Å². The second-order valence-electron chi connectivity index (χ2n) is 7.68. The molecule has 3 unspecified atom stereocenters. The van der Waals surface area contributed by atoms with Crippen LogP contribution in [0.1, 0.15) is 47.4 Å². The van der Waals surface area contributed by atoms with Crippen molar-refractivity contribution < 1.29 is 9.21 Å². The molecule has 4 bridgehead atoms. The van der Waals surface area contributed by atoms with E-state index in [1.807, 2.05) is 12.1 Å². The molecule has 2 N–H and O–H groups in total. The minimum Gasteiger partial charge on any atom is -0.460 e. The molecule has 4 heterocycles. The SMILES string of the molecule is CC1C[C@H]2C[C@H]3c4oc5ccc(C(N)=O)cc5c4CCN(C2)C13. The zero-order chi connectivity index (χ0) is 15.7. The fraction of sp³-hybridized carbons (Fsp3) is 0.526. The van der Waals surface area contributed by atoms with Gasteiger partial charge in [0, 0.05) is 41.6 Å². The Balaban J connectivity index is 1.69. The maximum Gasteiger partial charge on any atom is 0.248 e. The van der Waals surface area contributed by atoms with E-state index in [-0.39, 0.29) is 5.91 Å². The monoisotopic (exact) mass is 310 g/mol. The molecular formula is C19H22N2O2. The van der Waals surface area contributed by atoms with Crippen LogP contribution >= 0.6 is 0 Å². The van der Waals surface area contributed by atoms with Gasteiger partial charge in [-0.3, -0.25) is 9.69 Å². The van der Waals surface area contributed by atoms with Crippen LogP contribution in [-0.4, -0.2) is 29.9 Å². The largest absolute Gasteiger partial charge is 0.460 e. The molecule has 2 saturated heterocycles. The Morgan fingerprint density at radius 3 is 3.00 bits per heavy atom. The number of nitrogens with zero attached hydrogens (tertiary/aromatic N) is 1. The number of fused-ring (bicyclic) bond motifs is 4. The lowest BCUT2D eigenvalue weighted by molar-refractivity contribution is -0.00881. The first-order valence-corrected chi connectivity index (χ1v) is 8.71. The number of rotatable bonds is 1. The topological polar surface area (TPSA) is 59.5 Å². The average molecular weight is 310 g/mol. The molecule has 3 fully saturated rings. The van der Waals surface area contributed by atoms with E-state index in [1.165, 1.54) is 30.7 Å². The molecule has 0 spiro atoms. The van der Waals surface area contributed by atoms with E-state index in [2.05, 4.69) is 11.8 Å². The fourth-order valence-electron chi connectivity index (χ4n) is 5.51. The number of piperidine rings is 2. The van der Waals surface area contributed by atoms with Gasteiger partial charge < -0.3 is 10.2 Å². The van der Waals surface area contributed by atoms with Gasteiger partial charge >= 0.3 is 0 Å². The molecule has 1 aromatic heterocycles. The number of nitrogens with two attached hydrogens (primary N) is 1. The van der Waals surface area contributed by atoms with Crippen molar-refractivity contribution in [3.63, 3.8) is 0 Å². The molecule has 1 aromatic carbocycles. The van der Waals surface area contributed by atoms with Gasteiger partial charge in [-0.25, -0.2) is 0 Å². The smallest absolute Gasteiger partial charge is 0.248 e. The Hall–Kier alpha value is -1.81. The standard InChI is InChI=1S/C19H22N2O2/c1-10-6-11-7-15-17(10)21(9-11)5-4-13-14-8-12(19(20)22)2-3-16(14)23-18(13)15/h2-3,8,10-11,15,17H,4-7,9H2,1H3,(H2,20,22)/t10?,11-,15+,17?/m0/s1. The lowest BCUT2D eigenvalue weighted by atomic mass is 9.67. The van der Waals surface area contributed by atoms with Gasteiger partial charge in [0.1, 0.15) is 11.3 Å². The minimum absolute atomic E-state index is 0.370. The molecule has 0 radical (unpaired) electrons. The van der Waals surface area contributed by atoms with Crippen molar-refractivity contribution in [2.75, 3.05) is 13.1 Å². The number of furan rings is 1. The molecule has 1 amide bonds. The quantitative estimate of drug-likeness (QED) is 0.881. The summed E-state index contributed by atoms with van der Waals surface area (Å²) in [5, 5.41) is 1.09. The molecule has 23 heavy (non-hydrogen) atoms. The Labute approximate surface area is 135 Å². The highest BCUT2D eigenvalue weighted by Gasteiger charge is 2.48. The van der Waals surface area contributed by atoms with Gasteiger partial charge in [-0.05, 0) is 49.3 Å². The lowest BCUT2D eigenvalue weighted by Crippen LogP contribution is -2.55. The Bertz CT molecular complexity index is 809. The predicted molar refractivity (Wildman–Crippen MR) is 88.4 cm³/mol. The summed E-state index contributed by atoms with van der Waals surface area (Å²) in [5.41, 5.74) is 8.25. The first-order valence-electron chi connectivity index (χ1n) is 8.71. The van der Waals surface area contributed by atoms with Crippen LogP contribution in [0.5, 0.6) is 0 Å². The molecule has 4 nitrogen and oxygen atoms in total. The highest BCUT2D eigenvalue weighted by Crippen LogP contribution is 2.50. The van der Waals surface area contributed by atoms with Crippen molar-refractivity contribution in [1.82, 2.24) is 4.90 Å². The number of hydrogen-bond acceptors (Lipinski definition) is 3. The Morgan fingerprint density at radius 1 is 1.35 bits per heavy atom. The third-order valence-electron chi connectivity index (χ3n) is 6.29. The fourth-order valence-corrected chi connectivity index (χ4v) is 5.51. The molecule has 120 valence electrons. The highest BCUT2D eigenvalue weighted by atomic mass is 16.3.